The summed E-state index contributed by atoms with van der Waals surface area (Å²) in [5.41, 5.74) is 8.14. The van der Waals surface area contributed by atoms with Crippen LogP contribution in [0.25, 0.3) is 33.3 Å². The number of benzene rings is 4. The van der Waals surface area contributed by atoms with E-state index in [4.69, 9.17) is 4.98 Å². The second-order valence-electron chi connectivity index (χ2n) is 10.5. The van der Waals surface area contributed by atoms with E-state index in [2.05, 4.69) is 116 Å². The maximum absolute atomic E-state index is 9.26. The van der Waals surface area contributed by atoms with E-state index in [1.165, 1.54) is 22.3 Å². The molecule has 4 nitrogen and oxygen atoms in total. The number of fused-ring (bicyclic) bond motifs is 3. The second-order valence-corrected chi connectivity index (χ2v) is 10.5. The molecule has 6 rings (SSSR count). The van der Waals surface area contributed by atoms with Gasteiger partial charge < -0.3 is 9.47 Å². The van der Waals surface area contributed by atoms with Gasteiger partial charge in [0.2, 0.25) is 5.95 Å². The van der Waals surface area contributed by atoms with Gasteiger partial charge in [-0.15, -0.1) is 0 Å². The molecule has 1 aliphatic heterocycles. The van der Waals surface area contributed by atoms with Crippen LogP contribution in [-0.4, -0.2) is 15.1 Å². The normalized spacial score (nSPS) is 15.6. The number of aromatic nitrogens is 2. The van der Waals surface area contributed by atoms with Crippen molar-refractivity contribution in [2.75, 3.05) is 4.90 Å². The second kappa shape index (κ2) is 7.83. The third-order valence-corrected chi connectivity index (χ3v) is 8.03. The van der Waals surface area contributed by atoms with E-state index < -0.39 is 0 Å². The summed E-state index contributed by atoms with van der Waals surface area (Å²) in [5.74, 6) is 0.929. The molecule has 0 saturated heterocycles. The summed E-state index contributed by atoms with van der Waals surface area (Å²) < 4.78 is 2.38. The van der Waals surface area contributed by atoms with Crippen LogP contribution in [0.1, 0.15) is 33.3 Å². The van der Waals surface area contributed by atoms with Crippen molar-refractivity contribution in [1.29, 1.82) is 5.26 Å². The zero-order valence-electron chi connectivity index (χ0n) is 21.0. The molecule has 2 heterocycles. The lowest BCUT2D eigenvalue weighted by molar-refractivity contribution is 0.253. The lowest BCUT2D eigenvalue weighted by Gasteiger charge is -2.41. The van der Waals surface area contributed by atoms with Gasteiger partial charge in [0.1, 0.15) is 0 Å². The number of anilines is 2. The molecule has 0 amide bonds. The minimum atomic E-state index is -0.240. The van der Waals surface area contributed by atoms with Crippen molar-refractivity contribution in [1.82, 2.24) is 9.55 Å². The third-order valence-electron chi connectivity index (χ3n) is 8.03. The zero-order valence-corrected chi connectivity index (χ0v) is 21.0. The molecule has 1 aliphatic rings. The van der Waals surface area contributed by atoms with Gasteiger partial charge in [0.15, 0.2) is 0 Å². The molecule has 0 N–H and O–H groups in total. The summed E-state index contributed by atoms with van der Waals surface area (Å²) in [4.78, 5) is 7.44. The van der Waals surface area contributed by atoms with Crippen molar-refractivity contribution in [3.05, 3.63) is 103 Å². The molecule has 0 fully saturated rings. The first-order valence-electron chi connectivity index (χ1n) is 12.3. The summed E-state index contributed by atoms with van der Waals surface area (Å²) >= 11 is 0. The van der Waals surface area contributed by atoms with Crippen molar-refractivity contribution < 1.29 is 0 Å². The highest BCUT2D eigenvalue weighted by Gasteiger charge is 2.53. The first-order chi connectivity index (χ1) is 17.3. The maximum Gasteiger partial charge on any atom is 0.212 e. The van der Waals surface area contributed by atoms with Gasteiger partial charge in [0.05, 0.1) is 33.7 Å². The number of nitrogens with zero attached hydrogens (tertiary/aromatic N) is 4. The molecular weight excluding hydrogens is 440 g/mol. The van der Waals surface area contributed by atoms with Crippen LogP contribution in [0.5, 0.6) is 0 Å². The minimum Gasteiger partial charge on any atom is -0.304 e. The lowest BCUT2D eigenvalue weighted by atomic mass is 9.82. The molecule has 0 saturated carbocycles. The van der Waals surface area contributed by atoms with Crippen LogP contribution in [0.2, 0.25) is 0 Å². The Hall–Kier alpha value is -4.36. The maximum atomic E-state index is 9.26. The summed E-state index contributed by atoms with van der Waals surface area (Å²) in [5, 5.41) is 9.26. The summed E-state index contributed by atoms with van der Waals surface area (Å²) in [6, 6.07) is 35.8. The van der Waals surface area contributed by atoms with Gasteiger partial charge in [-0.2, -0.15) is 5.26 Å². The monoisotopic (exact) mass is 468 g/mol. The van der Waals surface area contributed by atoms with Crippen LogP contribution in [0.3, 0.4) is 0 Å². The minimum absolute atomic E-state index is 0.234. The van der Waals surface area contributed by atoms with E-state index in [-0.39, 0.29) is 11.1 Å². The van der Waals surface area contributed by atoms with Gasteiger partial charge in [-0.05, 0) is 86.3 Å². The Morgan fingerprint density at radius 1 is 0.694 bits per heavy atom. The number of rotatable bonds is 3. The van der Waals surface area contributed by atoms with Gasteiger partial charge in [-0.25, -0.2) is 4.98 Å². The van der Waals surface area contributed by atoms with Gasteiger partial charge in [-0.1, -0.05) is 60.7 Å². The van der Waals surface area contributed by atoms with Crippen LogP contribution in [0, 0.1) is 11.3 Å². The predicted molar refractivity (Wildman–Crippen MR) is 147 cm³/mol. The summed E-state index contributed by atoms with van der Waals surface area (Å²) in [6.45, 7) is 9.10. The first kappa shape index (κ1) is 22.1. The van der Waals surface area contributed by atoms with Crippen molar-refractivity contribution in [3.63, 3.8) is 0 Å². The van der Waals surface area contributed by atoms with E-state index in [1.54, 1.807) is 0 Å². The Morgan fingerprint density at radius 3 is 2.00 bits per heavy atom. The Labute approximate surface area is 212 Å². The fourth-order valence-corrected chi connectivity index (χ4v) is 5.46. The lowest BCUT2D eigenvalue weighted by Crippen LogP contribution is -2.50. The van der Waals surface area contributed by atoms with Crippen molar-refractivity contribution >= 4 is 22.7 Å². The molecule has 0 atom stereocenters. The molecule has 4 heteroatoms. The highest BCUT2D eigenvalue weighted by Crippen LogP contribution is 2.51. The van der Waals surface area contributed by atoms with Crippen molar-refractivity contribution in [2.45, 2.75) is 38.8 Å². The quantitative estimate of drug-likeness (QED) is 0.270. The van der Waals surface area contributed by atoms with Gasteiger partial charge >= 0.3 is 0 Å². The fraction of sp³-hybridized carbons (Fsp3) is 0.188. The molecule has 4 aromatic carbocycles. The molecule has 0 aliphatic carbocycles. The molecular formula is C32H28N4. The third kappa shape index (κ3) is 3.09. The fourth-order valence-electron chi connectivity index (χ4n) is 5.46. The summed E-state index contributed by atoms with van der Waals surface area (Å²) in [6.07, 6.45) is 0. The van der Waals surface area contributed by atoms with E-state index in [0.29, 0.717) is 5.56 Å². The molecule has 36 heavy (non-hydrogen) atoms. The number of hydrogen-bond donors (Lipinski definition) is 0. The van der Waals surface area contributed by atoms with Crippen LogP contribution < -0.4 is 4.90 Å². The van der Waals surface area contributed by atoms with Gasteiger partial charge in [-0.3, -0.25) is 0 Å². The van der Waals surface area contributed by atoms with E-state index >= 15 is 0 Å². The largest absolute Gasteiger partial charge is 0.304 e. The van der Waals surface area contributed by atoms with Crippen LogP contribution in [0.4, 0.5) is 11.6 Å². The molecule has 5 aromatic rings. The Kier molecular flexibility index (Phi) is 4.81. The molecule has 1 aromatic heterocycles. The number of hydrogen-bond acceptors (Lipinski definition) is 3. The van der Waals surface area contributed by atoms with Crippen LogP contribution in [-0.2, 0) is 5.54 Å². The topological polar surface area (TPSA) is 44.9 Å². The molecule has 0 unspecified atom stereocenters. The highest BCUT2D eigenvalue weighted by atomic mass is 15.4. The van der Waals surface area contributed by atoms with Crippen LogP contribution in [0.15, 0.2) is 97.1 Å². The predicted octanol–water partition coefficient (Wildman–Crippen LogP) is 7.91. The zero-order chi connectivity index (χ0) is 25.1. The standard InChI is InChI=1S/C32H28N4/c1-31(2)32(3,4)36-29-20-24(27-13-9-8-12-26(27)23-10-6-5-7-11-23)16-19-28(29)34-30(36)35(31)25-17-14-22(21-33)15-18-25/h5-20H,1-4H3. The average Bonchev–Trinajstić information content (AvgIpc) is 3.34. The summed E-state index contributed by atoms with van der Waals surface area (Å²) in [7, 11) is 0. The molecule has 0 spiro atoms. The van der Waals surface area contributed by atoms with Gasteiger partial charge in [0, 0.05) is 5.69 Å². The van der Waals surface area contributed by atoms with Gasteiger partial charge in [0.25, 0.3) is 0 Å². The Bertz CT molecular complexity index is 1630. The first-order valence-corrected chi connectivity index (χ1v) is 12.3. The Morgan fingerprint density at radius 2 is 1.33 bits per heavy atom. The highest BCUT2D eigenvalue weighted by molar-refractivity contribution is 5.91. The van der Waals surface area contributed by atoms with E-state index in [1.807, 2.05) is 24.3 Å². The van der Waals surface area contributed by atoms with Crippen molar-refractivity contribution in [2.24, 2.45) is 0 Å². The SMILES string of the molecule is CC1(C)N(c2ccc(C#N)cc2)c2nc3ccc(-c4ccccc4-c4ccccc4)cc3n2C1(C)C. The Balaban J connectivity index is 1.55. The number of nitriles is 1. The smallest absolute Gasteiger partial charge is 0.212 e. The average molecular weight is 469 g/mol. The van der Waals surface area contributed by atoms with E-state index in [9.17, 15) is 5.26 Å². The van der Waals surface area contributed by atoms with E-state index in [0.717, 1.165) is 22.7 Å². The number of imidazole rings is 1. The van der Waals surface area contributed by atoms with Crippen LogP contribution >= 0.6 is 0 Å². The van der Waals surface area contributed by atoms with Crippen molar-refractivity contribution in [3.8, 4) is 28.3 Å². The molecule has 176 valence electrons. The molecule has 0 radical (unpaired) electrons. The molecule has 0 bridgehead atoms.